The van der Waals surface area contributed by atoms with Gasteiger partial charge in [-0.05, 0) is 56.9 Å². The molecule has 1 saturated heterocycles. The summed E-state index contributed by atoms with van der Waals surface area (Å²) < 4.78 is 17.1. The summed E-state index contributed by atoms with van der Waals surface area (Å²) in [5.41, 5.74) is 1.99. The zero-order valence-corrected chi connectivity index (χ0v) is 27.0. The fourth-order valence-electron chi connectivity index (χ4n) is 5.26. The molecule has 0 bridgehead atoms. The number of likely N-dealkylation sites (tertiary alicyclic amines) is 1. The lowest BCUT2D eigenvalue weighted by Crippen LogP contribution is -2.53. The van der Waals surface area contributed by atoms with Crippen molar-refractivity contribution in [3.63, 3.8) is 0 Å². The number of benzene rings is 2. The van der Waals surface area contributed by atoms with Crippen LogP contribution in [0.25, 0.3) is 22.5 Å². The number of carboxylic acids is 1. The highest BCUT2D eigenvalue weighted by Crippen LogP contribution is 2.32. The first-order valence-electron chi connectivity index (χ1n) is 15.0. The second-order valence-electron chi connectivity index (χ2n) is 13.5. The number of pyridine rings is 1. The molecule has 2 N–H and O–H groups in total. The van der Waals surface area contributed by atoms with E-state index in [2.05, 4.69) is 5.32 Å². The van der Waals surface area contributed by atoms with E-state index in [1.165, 1.54) is 4.90 Å². The molecule has 2 unspecified atom stereocenters. The molecule has 2 heterocycles. The average Bonchev–Trinajstić information content (AvgIpc) is 3.39. The van der Waals surface area contributed by atoms with Crippen LogP contribution < -0.4 is 14.8 Å². The molecule has 3 atom stereocenters. The summed E-state index contributed by atoms with van der Waals surface area (Å²) in [5, 5.41) is 12.8. The molecule has 4 rings (SSSR count). The van der Waals surface area contributed by atoms with Gasteiger partial charge in [0, 0.05) is 29.7 Å². The third-order valence-corrected chi connectivity index (χ3v) is 7.19. The fourth-order valence-corrected chi connectivity index (χ4v) is 5.26. The standard InChI is InChI=1S/C35H43N3O7/c1-34(2,3)20-29(37-33(42)45-35(4,5)6)31(39)38-21-26(19-30(38)32(40)41)44-25-17-27(22-11-9-8-10-12-22)36-28(18-25)23-13-15-24(43-7)16-14-23/h8-18,26,29-30H,19-21H2,1-7H3,(H,37,42)(H,40,41)/t26?,29?,30-/m0/s1. The SMILES string of the molecule is COc1ccc(-c2cc(OC3C[C@@H](C(=O)O)N(C(=O)C(CC(C)(C)C)NC(=O)OC(C)(C)C)C3)cc(-c3ccccc3)n2)cc1. The van der Waals surface area contributed by atoms with Crippen molar-refractivity contribution in [2.45, 2.75) is 78.2 Å². The molecule has 0 spiro atoms. The molecule has 1 aliphatic heterocycles. The number of methoxy groups -OCH3 is 1. The molecule has 1 aliphatic rings. The zero-order chi connectivity index (χ0) is 32.9. The minimum atomic E-state index is -1.14. The zero-order valence-electron chi connectivity index (χ0n) is 27.0. The fraction of sp³-hybridized carbons (Fsp3) is 0.429. The molecular weight excluding hydrogens is 574 g/mol. The predicted octanol–water partition coefficient (Wildman–Crippen LogP) is 6.19. The molecular formula is C35H43N3O7. The van der Waals surface area contributed by atoms with E-state index in [9.17, 15) is 19.5 Å². The second-order valence-corrected chi connectivity index (χ2v) is 13.5. The number of hydrogen-bond donors (Lipinski definition) is 2. The number of carbonyl (C=O) groups excluding carboxylic acids is 2. The molecule has 2 aromatic carbocycles. The van der Waals surface area contributed by atoms with E-state index in [-0.39, 0.29) is 24.8 Å². The molecule has 3 aromatic rings. The number of carbonyl (C=O) groups is 3. The topological polar surface area (TPSA) is 127 Å². The Balaban J connectivity index is 1.62. The van der Waals surface area contributed by atoms with Crippen molar-refractivity contribution in [1.82, 2.24) is 15.2 Å². The van der Waals surface area contributed by atoms with Crippen molar-refractivity contribution in [1.29, 1.82) is 0 Å². The number of nitrogens with one attached hydrogen (secondary N) is 1. The van der Waals surface area contributed by atoms with E-state index in [1.54, 1.807) is 33.9 Å². The number of aromatic nitrogens is 1. The van der Waals surface area contributed by atoms with Gasteiger partial charge in [-0.3, -0.25) is 4.79 Å². The van der Waals surface area contributed by atoms with Crippen LogP contribution in [0.4, 0.5) is 4.79 Å². The number of carboxylic acid groups (broad SMARTS) is 1. The van der Waals surface area contributed by atoms with Crippen LogP contribution in [0.5, 0.6) is 11.5 Å². The first-order chi connectivity index (χ1) is 21.1. The highest BCUT2D eigenvalue weighted by Gasteiger charge is 2.44. The Morgan fingerprint density at radius 3 is 2.07 bits per heavy atom. The summed E-state index contributed by atoms with van der Waals surface area (Å²) in [6.45, 7) is 11.1. The molecule has 0 aliphatic carbocycles. The maximum atomic E-state index is 13.9. The van der Waals surface area contributed by atoms with Gasteiger partial charge in [-0.1, -0.05) is 51.1 Å². The number of ether oxygens (including phenoxy) is 3. The van der Waals surface area contributed by atoms with Gasteiger partial charge in [0.2, 0.25) is 5.91 Å². The monoisotopic (exact) mass is 617 g/mol. The lowest BCUT2D eigenvalue weighted by molar-refractivity contribution is -0.149. The van der Waals surface area contributed by atoms with Gasteiger partial charge in [-0.2, -0.15) is 0 Å². The number of hydrogen-bond acceptors (Lipinski definition) is 7. The van der Waals surface area contributed by atoms with Crippen molar-refractivity contribution in [3.8, 4) is 34.0 Å². The van der Waals surface area contributed by atoms with Gasteiger partial charge >= 0.3 is 12.1 Å². The van der Waals surface area contributed by atoms with Gasteiger partial charge in [-0.15, -0.1) is 0 Å². The summed E-state index contributed by atoms with van der Waals surface area (Å²) in [7, 11) is 1.61. The van der Waals surface area contributed by atoms with Crippen molar-refractivity contribution >= 4 is 18.0 Å². The molecule has 10 nitrogen and oxygen atoms in total. The van der Waals surface area contributed by atoms with Gasteiger partial charge in [-0.25, -0.2) is 14.6 Å². The van der Waals surface area contributed by atoms with Crippen LogP contribution in [0.15, 0.2) is 66.7 Å². The van der Waals surface area contributed by atoms with Crippen molar-refractivity contribution in [2.75, 3.05) is 13.7 Å². The van der Waals surface area contributed by atoms with E-state index in [4.69, 9.17) is 19.2 Å². The third-order valence-electron chi connectivity index (χ3n) is 7.19. The number of nitrogens with zero attached hydrogens (tertiary/aromatic N) is 2. The van der Waals surface area contributed by atoms with E-state index in [1.807, 2.05) is 81.4 Å². The first kappa shape index (κ1) is 33.3. The maximum absolute atomic E-state index is 13.9. The van der Waals surface area contributed by atoms with Crippen LogP contribution in [0.1, 0.15) is 54.4 Å². The Kier molecular flexibility index (Phi) is 10.1. The molecule has 2 amide bonds. The number of alkyl carbamates (subject to hydrolysis) is 1. The minimum absolute atomic E-state index is 0.0350. The molecule has 1 fully saturated rings. The van der Waals surface area contributed by atoms with Crippen LogP contribution in [0.3, 0.4) is 0 Å². The highest BCUT2D eigenvalue weighted by molar-refractivity contribution is 5.90. The van der Waals surface area contributed by atoms with Gasteiger partial charge in [0.15, 0.2) is 0 Å². The van der Waals surface area contributed by atoms with Gasteiger partial charge in [0.1, 0.15) is 35.3 Å². The molecule has 0 radical (unpaired) electrons. The smallest absolute Gasteiger partial charge is 0.408 e. The Bertz CT molecular complexity index is 1490. The molecule has 1 aromatic heterocycles. The second kappa shape index (κ2) is 13.6. The molecule has 240 valence electrons. The molecule has 0 saturated carbocycles. The molecule has 10 heteroatoms. The van der Waals surface area contributed by atoms with Crippen LogP contribution in [0.2, 0.25) is 0 Å². The summed E-state index contributed by atoms with van der Waals surface area (Å²) in [6, 6.07) is 18.7. The lowest BCUT2D eigenvalue weighted by Gasteiger charge is -2.31. The van der Waals surface area contributed by atoms with Crippen LogP contribution in [0, 0.1) is 5.41 Å². The van der Waals surface area contributed by atoms with Crippen molar-refractivity contribution < 1.29 is 33.7 Å². The van der Waals surface area contributed by atoms with E-state index in [0.29, 0.717) is 17.1 Å². The summed E-state index contributed by atoms with van der Waals surface area (Å²) in [6.07, 6.45) is -0.978. The molecule has 45 heavy (non-hydrogen) atoms. The largest absolute Gasteiger partial charge is 0.497 e. The maximum Gasteiger partial charge on any atom is 0.408 e. The quantitative estimate of drug-likeness (QED) is 0.291. The number of rotatable bonds is 9. The van der Waals surface area contributed by atoms with Crippen molar-refractivity contribution in [3.05, 3.63) is 66.7 Å². The third kappa shape index (κ3) is 9.20. The van der Waals surface area contributed by atoms with Crippen molar-refractivity contribution in [2.24, 2.45) is 5.41 Å². The van der Waals surface area contributed by atoms with Gasteiger partial charge < -0.3 is 29.5 Å². The Morgan fingerprint density at radius 2 is 1.53 bits per heavy atom. The highest BCUT2D eigenvalue weighted by atomic mass is 16.6. The van der Waals surface area contributed by atoms with E-state index < -0.39 is 41.8 Å². The summed E-state index contributed by atoms with van der Waals surface area (Å²) >= 11 is 0. The van der Waals surface area contributed by atoms with Gasteiger partial charge in [0.05, 0.1) is 25.0 Å². The summed E-state index contributed by atoms with van der Waals surface area (Å²) in [4.78, 5) is 45.1. The van der Waals surface area contributed by atoms with Gasteiger partial charge in [0.25, 0.3) is 0 Å². The number of amides is 2. The van der Waals surface area contributed by atoms with Crippen LogP contribution >= 0.6 is 0 Å². The average molecular weight is 618 g/mol. The van der Waals surface area contributed by atoms with E-state index in [0.717, 1.165) is 16.9 Å². The van der Waals surface area contributed by atoms with Crippen LogP contribution in [-0.2, 0) is 14.3 Å². The van der Waals surface area contributed by atoms with Crippen LogP contribution in [-0.4, -0.2) is 70.4 Å². The Labute approximate surface area is 264 Å². The number of aliphatic carboxylic acids is 1. The lowest BCUT2D eigenvalue weighted by atomic mass is 9.87. The normalized spacial score (nSPS) is 17.4. The minimum Gasteiger partial charge on any atom is -0.497 e. The Hall–Kier alpha value is -4.60. The first-order valence-corrected chi connectivity index (χ1v) is 15.0. The Morgan fingerprint density at radius 1 is 0.933 bits per heavy atom. The predicted molar refractivity (Wildman–Crippen MR) is 171 cm³/mol. The van der Waals surface area contributed by atoms with E-state index >= 15 is 0 Å². The summed E-state index contributed by atoms with van der Waals surface area (Å²) in [5.74, 6) is -0.417.